The van der Waals surface area contributed by atoms with E-state index in [-0.39, 0.29) is 18.3 Å². The lowest BCUT2D eigenvalue weighted by Crippen LogP contribution is -2.34. The maximum absolute atomic E-state index is 13.0. The zero-order chi connectivity index (χ0) is 21.6. The van der Waals surface area contributed by atoms with E-state index in [1.54, 1.807) is 17.9 Å². The number of carbonyl (C=O) groups is 2. The Labute approximate surface area is 180 Å². The molecule has 1 aromatic heterocycles. The molecule has 1 heterocycles. The Morgan fingerprint density at radius 1 is 0.806 bits per heavy atom. The van der Waals surface area contributed by atoms with E-state index < -0.39 is 5.97 Å². The van der Waals surface area contributed by atoms with Crippen molar-refractivity contribution in [3.05, 3.63) is 107 Å². The van der Waals surface area contributed by atoms with E-state index >= 15 is 0 Å². The van der Waals surface area contributed by atoms with Gasteiger partial charge in [0, 0.05) is 24.0 Å². The van der Waals surface area contributed by atoms with Gasteiger partial charge in [-0.05, 0) is 24.1 Å². The molecular weight excluding hydrogens is 390 g/mol. The molecule has 0 unspecified atom stereocenters. The van der Waals surface area contributed by atoms with E-state index in [4.69, 9.17) is 9.15 Å². The first-order chi connectivity index (χ1) is 15.1. The van der Waals surface area contributed by atoms with Gasteiger partial charge in [0.25, 0.3) is 5.91 Å². The van der Waals surface area contributed by atoms with Crippen LogP contribution >= 0.6 is 0 Å². The van der Waals surface area contributed by atoms with Gasteiger partial charge in [-0.25, -0.2) is 4.79 Å². The minimum atomic E-state index is -0.638. The van der Waals surface area contributed by atoms with Crippen LogP contribution in [-0.2, 0) is 22.6 Å². The summed E-state index contributed by atoms with van der Waals surface area (Å²) >= 11 is 0. The fourth-order valence-corrected chi connectivity index (χ4v) is 3.49. The summed E-state index contributed by atoms with van der Waals surface area (Å²) in [6.07, 6.45) is 0. The van der Waals surface area contributed by atoms with E-state index in [2.05, 4.69) is 0 Å². The minimum absolute atomic E-state index is 0.131. The van der Waals surface area contributed by atoms with Crippen molar-refractivity contribution in [1.82, 2.24) is 4.90 Å². The summed E-state index contributed by atoms with van der Waals surface area (Å²) in [7, 11) is 0. The highest BCUT2D eigenvalue weighted by atomic mass is 16.5. The summed E-state index contributed by atoms with van der Waals surface area (Å²) in [4.78, 5) is 27.2. The maximum Gasteiger partial charge on any atom is 0.375 e. The van der Waals surface area contributed by atoms with E-state index in [9.17, 15) is 9.59 Å². The summed E-state index contributed by atoms with van der Waals surface area (Å²) in [5.41, 5.74) is 3.34. The first-order valence-corrected chi connectivity index (χ1v) is 10.1. The number of nitrogens with zero attached hydrogens (tertiary/aromatic N) is 1. The number of carbonyl (C=O) groups excluding carboxylic acids is 2. The SMILES string of the molecule is Cc1c(C(=O)OCC(=O)N(Cc2ccccc2)Cc2ccccc2)oc2ccccc12. The van der Waals surface area contributed by atoms with E-state index in [1.165, 1.54) is 0 Å². The molecule has 0 saturated carbocycles. The smallest absolute Gasteiger partial charge is 0.375 e. The predicted octanol–water partition coefficient (Wildman–Crippen LogP) is 5.13. The number of benzene rings is 3. The minimum Gasteiger partial charge on any atom is -0.450 e. The molecule has 0 spiro atoms. The van der Waals surface area contributed by atoms with Gasteiger partial charge in [-0.2, -0.15) is 0 Å². The van der Waals surface area contributed by atoms with Crippen LogP contribution in [0.2, 0.25) is 0 Å². The zero-order valence-corrected chi connectivity index (χ0v) is 17.3. The average molecular weight is 413 g/mol. The molecule has 0 N–H and O–H groups in total. The number of amides is 1. The zero-order valence-electron chi connectivity index (χ0n) is 17.3. The van der Waals surface area contributed by atoms with Crippen molar-refractivity contribution in [3.8, 4) is 0 Å². The summed E-state index contributed by atoms with van der Waals surface area (Å²) < 4.78 is 11.0. The molecule has 156 valence electrons. The third kappa shape index (κ3) is 4.83. The van der Waals surface area contributed by atoms with Gasteiger partial charge >= 0.3 is 5.97 Å². The largest absolute Gasteiger partial charge is 0.450 e. The van der Waals surface area contributed by atoms with Gasteiger partial charge in [-0.3, -0.25) is 4.79 Å². The van der Waals surface area contributed by atoms with Gasteiger partial charge in [0.2, 0.25) is 5.76 Å². The Hall–Kier alpha value is -3.86. The number of hydrogen-bond acceptors (Lipinski definition) is 4. The molecule has 0 aliphatic heterocycles. The third-order valence-electron chi connectivity index (χ3n) is 5.14. The van der Waals surface area contributed by atoms with Crippen molar-refractivity contribution in [2.24, 2.45) is 0 Å². The van der Waals surface area contributed by atoms with Crippen LogP contribution in [0.4, 0.5) is 0 Å². The van der Waals surface area contributed by atoms with Gasteiger partial charge in [0.1, 0.15) is 5.58 Å². The number of furan rings is 1. The highest BCUT2D eigenvalue weighted by Gasteiger charge is 2.22. The highest BCUT2D eigenvalue weighted by Crippen LogP contribution is 2.25. The number of aryl methyl sites for hydroxylation is 1. The molecule has 0 atom stereocenters. The molecule has 3 aromatic carbocycles. The van der Waals surface area contributed by atoms with Crippen molar-refractivity contribution < 1.29 is 18.7 Å². The predicted molar refractivity (Wildman–Crippen MR) is 118 cm³/mol. The second-order valence-electron chi connectivity index (χ2n) is 7.35. The summed E-state index contributed by atoms with van der Waals surface area (Å²) in [5, 5.41) is 0.857. The number of ether oxygens (including phenoxy) is 1. The third-order valence-corrected chi connectivity index (χ3v) is 5.14. The normalized spacial score (nSPS) is 10.7. The number of para-hydroxylation sites is 1. The van der Waals surface area contributed by atoms with Crippen LogP contribution in [0, 0.1) is 6.92 Å². The van der Waals surface area contributed by atoms with Crippen LogP contribution in [0.25, 0.3) is 11.0 Å². The van der Waals surface area contributed by atoms with E-state index in [0.29, 0.717) is 24.2 Å². The fourth-order valence-electron chi connectivity index (χ4n) is 3.49. The second kappa shape index (κ2) is 9.30. The Morgan fingerprint density at radius 2 is 1.35 bits per heavy atom. The van der Waals surface area contributed by atoms with Crippen molar-refractivity contribution >= 4 is 22.8 Å². The molecule has 0 aliphatic carbocycles. The van der Waals surface area contributed by atoms with E-state index in [1.807, 2.05) is 78.9 Å². The van der Waals surface area contributed by atoms with Crippen molar-refractivity contribution in [1.29, 1.82) is 0 Å². The molecular formula is C26H23NO4. The Kier molecular flexibility index (Phi) is 6.13. The molecule has 0 aliphatic rings. The Balaban J connectivity index is 1.47. The molecule has 0 radical (unpaired) electrons. The number of esters is 1. The Morgan fingerprint density at radius 3 is 1.94 bits per heavy atom. The lowest BCUT2D eigenvalue weighted by molar-refractivity contribution is -0.135. The van der Waals surface area contributed by atoms with Crippen molar-refractivity contribution in [2.75, 3.05) is 6.61 Å². The van der Waals surface area contributed by atoms with Gasteiger partial charge in [-0.1, -0.05) is 78.9 Å². The summed E-state index contributed by atoms with van der Waals surface area (Å²) in [6, 6.07) is 26.9. The molecule has 0 saturated heterocycles. The molecule has 5 heteroatoms. The highest BCUT2D eigenvalue weighted by molar-refractivity contribution is 5.96. The average Bonchev–Trinajstić information content (AvgIpc) is 3.15. The topological polar surface area (TPSA) is 59.8 Å². The monoisotopic (exact) mass is 413 g/mol. The van der Waals surface area contributed by atoms with Crippen LogP contribution < -0.4 is 0 Å². The fraction of sp³-hybridized carbons (Fsp3) is 0.154. The van der Waals surface area contributed by atoms with Gasteiger partial charge in [0.15, 0.2) is 6.61 Å². The number of rotatable bonds is 7. The molecule has 5 nitrogen and oxygen atoms in total. The van der Waals surface area contributed by atoms with Crippen LogP contribution in [-0.4, -0.2) is 23.4 Å². The molecule has 31 heavy (non-hydrogen) atoms. The lowest BCUT2D eigenvalue weighted by Gasteiger charge is -2.23. The molecule has 0 bridgehead atoms. The van der Waals surface area contributed by atoms with Crippen molar-refractivity contribution in [2.45, 2.75) is 20.0 Å². The van der Waals surface area contributed by atoms with Crippen LogP contribution in [0.3, 0.4) is 0 Å². The lowest BCUT2D eigenvalue weighted by atomic mass is 10.1. The standard InChI is InChI=1S/C26H23NO4/c1-19-22-14-8-9-15-23(22)31-25(19)26(29)30-18-24(28)27(16-20-10-4-2-5-11-20)17-21-12-6-3-7-13-21/h2-15H,16-18H2,1H3. The second-order valence-corrected chi connectivity index (χ2v) is 7.35. The van der Waals surface area contributed by atoms with Gasteiger partial charge < -0.3 is 14.1 Å². The van der Waals surface area contributed by atoms with Crippen LogP contribution in [0.1, 0.15) is 27.2 Å². The first kappa shape index (κ1) is 20.4. The van der Waals surface area contributed by atoms with E-state index in [0.717, 1.165) is 16.5 Å². The molecule has 4 rings (SSSR count). The summed E-state index contributed by atoms with van der Waals surface area (Å²) in [5.74, 6) is -0.775. The van der Waals surface area contributed by atoms with Crippen LogP contribution in [0.15, 0.2) is 89.3 Å². The molecule has 0 fully saturated rings. The Bertz CT molecular complexity index is 1140. The van der Waals surface area contributed by atoms with Crippen LogP contribution in [0.5, 0.6) is 0 Å². The number of hydrogen-bond donors (Lipinski definition) is 0. The summed E-state index contributed by atoms with van der Waals surface area (Å²) in [6.45, 7) is 2.31. The van der Waals surface area contributed by atoms with Gasteiger partial charge in [0.05, 0.1) is 0 Å². The maximum atomic E-state index is 13.0. The molecule has 1 amide bonds. The van der Waals surface area contributed by atoms with Gasteiger partial charge in [-0.15, -0.1) is 0 Å². The molecule has 4 aromatic rings. The quantitative estimate of drug-likeness (QED) is 0.394. The first-order valence-electron chi connectivity index (χ1n) is 10.1. The van der Waals surface area contributed by atoms with Crippen molar-refractivity contribution in [3.63, 3.8) is 0 Å². The number of fused-ring (bicyclic) bond motifs is 1.